The molecule has 5 nitrogen and oxygen atoms in total. The summed E-state index contributed by atoms with van der Waals surface area (Å²) in [4.78, 5) is 13.9. The fourth-order valence-corrected chi connectivity index (χ4v) is 2.78. The number of amides is 1. The number of hydrogen-bond acceptors (Lipinski definition) is 4. The first kappa shape index (κ1) is 14.7. The Morgan fingerprint density at radius 3 is 2.75 bits per heavy atom. The monoisotopic (exact) mass is 293 g/mol. The second-order valence-electron chi connectivity index (χ2n) is 5.21. The minimum absolute atomic E-state index is 0.146. The van der Waals surface area contributed by atoms with E-state index in [4.69, 9.17) is 0 Å². The summed E-state index contributed by atoms with van der Waals surface area (Å²) >= 11 is 1.46. The maximum absolute atomic E-state index is 12.1. The van der Waals surface area contributed by atoms with Crippen LogP contribution in [0.1, 0.15) is 32.6 Å². The quantitative estimate of drug-likeness (QED) is 0.902. The summed E-state index contributed by atoms with van der Waals surface area (Å²) < 4.78 is 1.62. The normalized spacial score (nSPS) is 14.1. The first-order chi connectivity index (χ1) is 9.29. The molecule has 1 unspecified atom stereocenters. The van der Waals surface area contributed by atoms with E-state index < -0.39 is 5.60 Å². The lowest BCUT2D eigenvalue weighted by molar-refractivity contribution is 0.0527. The zero-order valence-corrected chi connectivity index (χ0v) is 12.9. The van der Waals surface area contributed by atoms with Crippen molar-refractivity contribution in [3.63, 3.8) is 0 Å². The SMILES string of the molecule is Cc1cc(C(=O)NCC(C)(O)c2cnn(C)c2)sc1C. The minimum atomic E-state index is -1.13. The van der Waals surface area contributed by atoms with Crippen LogP contribution in [0, 0.1) is 13.8 Å². The molecular formula is C14H19N3O2S. The second-order valence-corrected chi connectivity index (χ2v) is 6.47. The minimum Gasteiger partial charge on any atom is -0.383 e. The van der Waals surface area contributed by atoms with Crippen LogP contribution in [-0.4, -0.2) is 27.3 Å². The van der Waals surface area contributed by atoms with Gasteiger partial charge in [0.1, 0.15) is 5.60 Å². The van der Waals surface area contributed by atoms with Gasteiger partial charge in [0.25, 0.3) is 5.91 Å². The molecule has 0 fully saturated rings. The standard InChI is InChI=1S/C14H19N3O2S/c1-9-5-12(20-10(9)2)13(18)15-8-14(3,19)11-6-16-17(4)7-11/h5-7,19H,8H2,1-4H3,(H,15,18). The van der Waals surface area contributed by atoms with Gasteiger partial charge in [-0.1, -0.05) is 0 Å². The molecule has 0 aromatic carbocycles. The van der Waals surface area contributed by atoms with Crippen LogP contribution in [0.4, 0.5) is 0 Å². The molecule has 6 heteroatoms. The molecule has 0 saturated carbocycles. The van der Waals surface area contributed by atoms with Crippen LogP contribution in [-0.2, 0) is 12.6 Å². The number of nitrogens with one attached hydrogen (secondary N) is 1. The number of aromatic nitrogens is 2. The third-order valence-corrected chi connectivity index (χ3v) is 4.46. The van der Waals surface area contributed by atoms with Crippen LogP contribution in [0.5, 0.6) is 0 Å². The van der Waals surface area contributed by atoms with E-state index in [-0.39, 0.29) is 12.5 Å². The van der Waals surface area contributed by atoms with Crippen molar-refractivity contribution in [3.8, 4) is 0 Å². The molecule has 2 rings (SSSR count). The Balaban J connectivity index is 2.02. The van der Waals surface area contributed by atoms with Crippen molar-refractivity contribution >= 4 is 17.2 Å². The summed E-state index contributed by atoms with van der Waals surface area (Å²) in [5.74, 6) is -0.157. The van der Waals surface area contributed by atoms with Crippen LogP contribution < -0.4 is 5.32 Å². The fraction of sp³-hybridized carbons (Fsp3) is 0.429. The van der Waals surface area contributed by atoms with E-state index in [0.29, 0.717) is 10.4 Å². The molecule has 0 aliphatic heterocycles. The van der Waals surface area contributed by atoms with Crippen molar-refractivity contribution in [3.05, 3.63) is 39.3 Å². The number of aliphatic hydroxyl groups is 1. The van der Waals surface area contributed by atoms with Gasteiger partial charge in [-0.15, -0.1) is 11.3 Å². The van der Waals surface area contributed by atoms with E-state index in [1.165, 1.54) is 11.3 Å². The third-order valence-electron chi connectivity index (χ3n) is 3.31. The predicted octanol–water partition coefficient (Wildman–Crippen LogP) is 1.74. The summed E-state index contributed by atoms with van der Waals surface area (Å²) in [6, 6.07) is 1.87. The van der Waals surface area contributed by atoms with Crippen molar-refractivity contribution in [2.75, 3.05) is 6.54 Å². The molecule has 0 aliphatic carbocycles. The Labute approximate surface area is 122 Å². The maximum atomic E-state index is 12.1. The molecule has 20 heavy (non-hydrogen) atoms. The van der Waals surface area contributed by atoms with E-state index in [9.17, 15) is 9.90 Å². The van der Waals surface area contributed by atoms with Gasteiger partial charge in [0.05, 0.1) is 17.6 Å². The van der Waals surface area contributed by atoms with Gasteiger partial charge in [0.15, 0.2) is 0 Å². The van der Waals surface area contributed by atoms with Gasteiger partial charge in [-0.25, -0.2) is 0 Å². The topological polar surface area (TPSA) is 67.2 Å². The van der Waals surface area contributed by atoms with Gasteiger partial charge in [0, 0.05) is 23.7 Å². The smallest absolute Gasteiger partial charge is 0.261 e. The zero-order valence-electron chi connectivity index (χ0n) is 12.1. The summed E-state index contributed by atoms with van der Waals surface area (Å²) in [5.41, 5.74) is 0.656. The number of nitrogens with zero attached hydrogens (tertiary/aromatic N) is 2. The lowest BCUT2D eigenvalue weighted by Crippen LogP contribution is -2.38. The summed E-state index contributed by atoms with van der Waals surface area (Å²) in [7, 11) is 1.79. The van der Waals surface area contributed by atoms with Gasteiger partial charge in [-0.05, 0) is 32.4 Å². The molecule has 1 amide bonds. The van der Waals surface area contributed by atoms with E-state index in [0.717, 1.165) is 10.4 Å². The maximum Gasteiger partial charge on any atom is 0.261 e. The average molecular weight is 293 g/mol. The van der Waals surface area contributed by atoms with Crippen molar-refractivity contribution < 1.29 is 9.90 Å². The average Bonchev–Trinajstić information content (AvgIpc) is 2.94. The Bertz CT molecular complexity index is 609. The molecule has 2 aromatic rings. The predicted molar refractivity (Wildman–Crippen MR) is 78.9 cm³/mol. The highest BCUT2D eigenvalue weighted by molar-refractivity contribution is 7.14. The van der Waals surface area contributed by atoms with Crippen molar-refractivity contribution in [1.29, 1.82) is 0 Å². The van der Waals surface area contributed by atoms with Gasteiger partial charge < -0.3 is 10.4 Å². The lowest BCUT2D eigenvalue weighted by atomic mass is 10.00. The van der Waals surface area contributed by atoms with E-state index in [2.05, 4.69) is 10.4 Å². The van der Waals surface area contributed by atoms with Crippen LogP contribution in [0.3, 0.4) is 0 Å². The Morgan fingerprint density at radius 2 is 2.25 bits per heavy atom. The summed E-state index contributed by atoms with van der Waals surface area (Å²) in [6.07, 6.45) is 3.34. The van der Waals surface area contributed by atoms with E-state index >= 15 is 0 Å². The Hall–Kier alpha value is -1.66. The number of rotatable bonds is 4. The highest BCUT2D eigenvalue weighted by Gasteiger charge is 2.25. The van der Waals surface area contributed by atoms with Crippen molar-refractivity contribution in [2.24, 2.45) is 7.05 Å². The molecule has 108 valence electrons. The van der Waals surface area contributed by atoms with Crippen molar-refractivity contribution in [2.45, 2.75) is 26.4 Å². The third kappa shape index (κ3) is 3.08. The first-order valence-electron chi connectivity index (χ1n) is 6.36. The molecule has 0 spiro atoms. The number of carbonyl (C=O) groups is 1. The van der Waals surface area contributed by atoms with Gasteiger partial charge in [0.2, 0.25) is 0 Å². The van der Waals surface area contributed by atoms with Crippen molar-refractivity contribution in [1.82, 2.24) is 15.1 Å². The highest BCUT2D eigenvalue weighted by Crippen LogP contribution is 2.22. The van der Waals surface area contributed by atoms with Crippen LogP contribution in [0.15, 0.2) is 18.5 Å². The van der Waals surface area contributed by atoms with Gasteiger partial charge in [-0.2, -0.15) is 5.10 Å². The van der Waals surface area contributed by atoms with Gasteiger partial charge in [-0.3, -0.25) is 9.48 Å². The molecule has 2 aromatic heterocycles. The summed E-state index contributed by atoms with van der Waals surface area (Å²) in [6.45, 7) is 5.78. The molecular weight excluding hydrogens is 274 g/mol. The summed E-state index contributed by atoms with van der Waals surface area (Å²) in [5, 5.41) is 17.2. The molecule has 1 atom stereocenters. The lowest BCUT2D eigenvalue weighted by Gasteiger charge is -2.22. The van der Waals surface area contributed by atoms with E-state index in [1.54, 1.807) is 31.0 Å². The fourth-order valence-electron chi connectivity index (χ4n) is 1.83. The van der Waals surface area contributed by atoms with E-state index in [1.807, 2.05) is 19.9 Å². The molecule has 0 radical (unpaired) electrons. The zero-order chi connectivity index (χ0) is 14.9. The molecule has 0 aliphatic rings. The Morgan fingerprint density at radius 1 is 1.55 bits per heavy atom. The van der Waals surface area contributed by atoms with Crippen LogP contribution >= 0.6 is 11.3 Å². The number of aryl methyl sites for hydroxylation is 3. The first-order valence-corrected chi connectivity index (χ1v) is 7.18. The Kier molecular flexibility index (Phi) is 3.96. The molecule has 0 saturated heterocycles. The molecule has 0 bridgehead atoms. The van der Waals surface area contributed by atoms with Crippen LogP contribution in [0.25, 0.3) is 0 Å². The number of hydrogen-bond donors (Lipinski definition) is 2. The largest absolute Gasteiger partial charge is 0.383 e. The number of thiophene rings is 1. The van der Waals surface area contributed by atoms with Gasteiger partial charge >= 0.3 is 0 Å². The highest BCUT2D eigenvalue weighted by atomic mass is 32.1. The second kappa shape index (κ2) is 5.38. The molecule has 2 heterocycles. The van der Waals surface area contributed by atoms with Crippen LogP contribution in [0.2, 0.25) is 0 Å². The number of carbonyl (C=O) groups excluding carboxylic acids is 1. The molecule has 2 N–H and O–H groups in total.